The van der Waals surface area contributed by atoms with Crippen LogP contribution in [0.15, 0.2) is 0 Å². The van der Waals surface area contributed by atoms with E-state index in [9.17, 15) is 18.9 Å². The van der Waals surface area contributed by atoms with Crippen LogP contribution < -0.4 is 90.7 Å². The second-order valence-corrected chi connectivity index (χ2v) is 3.26. The number of rotatable bonds is 3. The first-order chi connectivity index (χ1) is 4.21. The molecule has 0 radical (unpaired) electrons. The van der Waals surface area contributed by atoms with Crippen molar-refractivity contribution >= 4 is 15.6 Å². The molecule has 0 spiro atoms. The molecule has 0 aliphatic carbocycles. The van der Waals surface area contributed by atoms with Gasteiger partial charge in [-0.05, 0) is 0 Å². The maximum absolute atomic E-state index is 9.54. The van der Waals surface area contributed by atoms with Gasteiger partial charge in [-0.1, -0.05) is 0 Å². The molecule has 0 saturated heterocycles. The second-order valence-electron chi connectivity index (χ2n) is 1.09. The summed E-state index contributed by atoms with van der Waals surface area (Å²) in [5.74, 6) is 0. The first kappa shape index (κ1) is 20.3. The molecule has 0 fully saturated rings. The van der Waals surface area contributed by atoms with Crippen molar-refractivity contribution in [2.75, 3.05) is 0 Å². The Kier molecular flexibility index (Phi) is 13.6. The molecule has 62 valence electrons. The Morgan fingerprint density at radius 3 is 1.25 bits per heavy atom. The van der Waals surface area contributed by atoms with Gasteiger partial charge < -0.3 is 19.6 Å². The third-order valence-electron chi connectivity index (χ3n) is 0.222. The minimum atomic E-state index is -5.27. The zero-order chi connectivity index (χ0) is 8.41. The Morgan fingerprint density at radius 1 is 1.00 bits per heavy atom. The van der Waals surface area contributed by atoms with Gasteiger partial charge in [-0.15, -0.1) is 0 Å². The van der Waals surface area contributed by atoms with E-state index in [-0.39, 0.29) is 80.9 Å². The van der Waals surface area contributed by atoms with E-state index in [4.69, 9.17) is 9.79 Å². The Bertz CT molecular complexity index is 167. The van der Waals surface area contributed by atoms with Crippen LogP contribution in [0.5, 0.6) is 0 Å². The summed E-state index contributed by atoms with van der Waals surface area (Å²) >= 11 is 0. The number of hydrogen-bond acceptors (Lipinski definition) is 6. The maximum Gasteiger partial charge on any atom is 1.00 e. The average Bonchev–Trinajstić information content (AvgIpc) is 1.57. The minimum absolute atomic E-state index is 0. The molecule has 2 atom stereocenters. The normalized spacial score (nSPS) is 19.3. The SMILES string of the molecule is O=P([O-])(O)OOP(=O)([O-])O.[K+].[Na+]. The van der Waals surface area contributed by atoms with E-state index in [1.54, 1.807) is 0 Å². The number of hydrogen-bond donors (Lipinski definition) is 2. The van der Waals surface area contributed by atoms with Crippen LogP contribution in [0.3, 0.4) is 0 Å². The fourth-order valence-corrected chi connectivity index (χ4v) is 0.758. The fraction of sp³-hybridized carbons (Fsp3) is 0. The molecule has 0 saturated carbocycles. The molecule has 2 N–H and O–H groups in total. The molecule has 12 heavy (non-hydrogen) atoms. The zero-order valence-corrected chi connectivity index (χ0v) is 13.2. The summed E-state index contributed by atoms with van der Waals surface area (Å²) in [6.45, 7) is 0. The summed E-state index contributed by atoms with van der Waals surface area (Å²) in [6, 6.07) is 0. The smallest absolute Gasteiger partial charge is 0.755 e. The third-order valence-corrected chi connectivity index (χ3v) is 0.865. The molecular weight excluding hydrogens is 252 g/mol. The van der Waals surface area contributed by atoms with Crippen LogP contribution in [0.4, 0.5) is 0 Å². The average molecular weight is 254 g/mol. The van der Waals surface area contributed by atoms with E-state index in [1.807, 2.05) is 0 Å². The van der Waals surface area contributed by atoms with E-state index < -0.39 is 15.6 Å². The van der Waals surface area contributed by atoms with Gasteiger partial charge in [0.25, 0.3) is 15.6 Å². The van der Waals surface area contributed by atoms with Gasteiger partial charge in [0.2, 0.25) is 0 Å². The van der Waals surface area contributed by atoms with Crippen LogP contribution in [0.1, 0.15) is 0 Å². The van der Waals surface area contributed by atoms with E-state index in [0.29, 0.717) is 0 Å². The molecule has 0 aliphatic rings. The summed E-state index contributed by atoms with van der Waals surface area (Å²) in [5, 5.41) is 0. The van der Waals surface area contributed by atoms with Crippen molar-refractivity contribution in [3.05, 3.63) is 0 Å². The standard InChI is InChI=1S/K.Na.H4O8P2/c;;1-9(2,3)7-8-10(4,5)6/h;;(H2,1,2,3)(H2,4,5,6)/q2*+1;/p-2. The summed E-state index contributed by atoms with van der Waals surface area (Å²) in [6.07, 6.45) is 0. The van der Waals surface area contributed by atoms with Gasteiger partial charge in [0.05, 0.1) is 0 Å². The molecule has 0 aliphatic heterocycles. The van der Waals surface area contributed by atoms with Crippen LogP contribution in [-0.4, -0.2) is 9.79 Å². The van der Waals surface area contributed by atoms with Crippen LogP contribution in [0.25, 0.3) is 0 Å². The van der Waals surface area contributed by atoms with Gasteiger partial charge in [-0.25, -0.2) is 0 Å². The predicted molar refractivity (Wildman–Crippen MR) is 21.8 cm³/mol. The van der Waals surface area contributed by atoms with Crippen LogP contribution in [0, 0.1) is 0 Å². The van der Waals surface area contributed by atoms with Crippen molar-refractivity contribution in [1.82, 2.24) is 0 Å². The third kappa shape index (κ3) is 18.6. The molecule has 0 aromatic carbocycles. The quantitative estimate of drug-likeness (QED) is 0.219. The zero-order valence-electron chi connectivity index (χ0n) is 6.24. The van der Waals surface area contributed by atoms with E-state index in [1.165, 1.54) is 0 Å². The van der Waals surface area contributed by atoms with Crippen LogP contribution >= 0.6 is 15.6 Å². The Balaban J connectivity index is -0.000000405. The molecule has 0 rings (SSSR count). The van der Waals surface area contributed by atoms with E-state index in [2.05, 4.69) is 9.35 Å². The molecule has 0 bridgehead atoms. The largest absolute Gasteiger partial charge is 1.00 e. The van der Waals surface area contributed by atoms with Crippen molar-refractivity contribution < 1.29 is 119 Å². The Labute approximate surface area is 132 Å². The van der Waals surface area contributed by atoms with Gasteiger partial charge >= 0.3 is 80.9 Å². The second kappa shape index (κ2) is 8.06. The van der Waals surface area contributed by atoms with Gasteiger partial charge in [0, 0.05) is 0 Å². The summed E-state index contributed by atoms with van der Waals surface area (Å²) in [5.41, 5.74) is 0. The number of phosphoric acid groups is 2. The Morgan fingerprint density at radius 2 is 1.17 bits per heavy atom. The van der Waals surface area contributed by atoms with Crippen molar-refractivity contribution in [3.8, 4) is 0 Å². The maximum atomic E-state index is 9.54. The van der Waals surface area contributed by atoms with Crippen LogP contribution in [-0.2, 0) is 18.5 Å². The van der Waals surface area contributed by atoms with Gasteiger partial charge in [-0.3, -0.25) is 9.13 Å². The summed E-state index contributed by atoms with van der Waals surface area (Å²) in [4.78, 5) is 34.4. The summed E-state index contributed by atoms with van der Waals surface area (Å²) in [7, 11) is -10.5. The fourth-order valence-electron chi connectivity index (χ4n) is 0.0842. The van der Waals surface area contributed by atoms with E-state index >= 15 is 0 Å². The molecule has 8 nitrogen and oxygen atoms in total. The molecule has 12 heteroatoms. The molecule has 0 heterocycles. The van der Waals surface area contributed by atoms with Gasteiger partial charge in [0.1, 0.15) is 0 Å². The van der Waals surface area contributed by atoms with E-state index in [0.717, 1.165) is 0 Å². The topological polar surface area (TPSA) is 139 Å². The first-order valence-corrected chi connectivity index (χ1v) is 4.65. The monoisotopic (exact) mass is 254 g/mol. The first-order valence-electron chi connectivity index (χ1n) is 1.66. The van der Waals surface area contributed by atoms with Gasteiger partial charge in [0.15, 0.2) is 0 Å². The molecular formula is H2KNaO8P2. The molecule has 0 amide bonds. The summed E-state index contributed by atoms with van der Waals surface area (Å²) < 4.78 is 24.7. The predicted octanol–water partition coefficient (Wildman–Crippen LogP) is -8.14. The van der Waals surface area contributed by atoms with Crippen molar-refractivity contribution in [3.63, 3.8) is 0 Å². The van der Waals surface area contributed by atoms with Crippen LogP contribution in [0.2, 0.25) is 0 Å². The molecule has 0 aromatic rings. The minimum Gasteiger partial charge on any atom is -0.755 e. The Hall–Kier alpha value is 2.86. The molecule has 0 aromatic heterocycles. The molecule has 2 unspecified atom stereocenters. The van der Waals surface area contributed by atoms with Crippen molar-refractivity contribution in [2.45, 2.75) is 0 Å². The van der Waals surface area contributed by atoms with Gasteiger partial charge in [-0.2, -0.15) is 9.35 Å². The van der Waals surface area contributed by atoms with Crippen molar-refractivity contribution in [1.29, 1.82) is 0 Å². The van der Waals surface area contributed by atoms with Crippen molar-refractivity contribution in [2.24, 2.45) is 0 Å².